The zero-order chi connectivity index (χ0) is 19.2. The van der Waals surface area contributed by atoms with Crippen LogP contribution in [0.25, 0.3) is 5.70 Å². The van der Waals surface area contributed by atoms with Crippen LogP contribution in [0.5, 0.6) is 5.75 Å². The standard InChI is InChI=1S/C20H22FN5O/c21-15-4-6-16(7-5-15)26-10-8-17(9-11-26)27-18-3-1-2-14(12-18)20(23)19(13-22)25-24/h1-7,12,17,25H,8-11,23-24H2/b20-19-. The summed E-state index contributed by atoms with van der Waals surface area (Å²) >= 11 is 0. The first-order valence-corrected chi connectivity index (χ1v) is 8.75. The van der Waals surface area contributed by atoms with Gasteiger partial charge in [0.2, 0.25) is 0 Å². The average Bonchev–Trinajstić information content (AvgIpc) is 2.70. The van der Waals surface area contributed by atoms with E-state index in [0.29, 0.717) is 11.3 Å². The molecule has 7 heteroatoms. The molecule has 0 radical (unpaired) electrons. The van der Waals surface area contributed by atoms with Crippen molar-refractivity contribution in [1.82, 2.24) is 5.43 Å². The highest BCUT2D eigenvalue weighted by Gasteiger charge is 2.21. The Bertz CT molecular complexity index is 851. The van der Waals surface area contributed by atoms with Gasteiger partial charge in [0.05, 0.1) is 5.70 Å². The molecule has 0 amide bonds. The number of rotatable bonds is 5. The number of piperidine rings is 1. The first-order chi connectivity index (χ1) is 13.1. The van der Waals surface area contributed by atoms with Crippen LogP contribution in [0, 0.1) is 17.1 Å². The molecule has 27 heavy (non-hydrogen) atoms. The van der Waals surface area contributed by atoms with Crippen molar-refractivity contribution in [2.24, 2.45) is 11.6 Å². The van der Waals surface area contributed by atoms with Crippen molar-refractivity contribution in [2.45, 2.75) is 18.9 Å². The van der Waals surface area contributed by atoms with E-state index in [-0.39, 0.29) is 23.3 Å². The van der Waals surface area contributed by atoms with E-state index in [9.17, 15) is 4.39 Å². The Balaban J connectivity index is 1.62. The molecule has 0 atom stereocenters. The lowest BCUT2D eigenvalue weighted by Crippen LogP contribution is -2.38. The van der Waals surface area contributed by atoms with Gasteiger partial charge in [-0.2, -0.15) is 5.26 Å². The van der Waals surface area contributed by atoms with Gasteiger partial charge in [-0.3, -0.25) is 0 Å². The fourth-order valence-electron chi connectivity index (χ4n) is 3.13. The molecule has 6 nitrogen and oxygen atoms in total. The van der Waals surface area contributed by atoms with E-state index in [0.717, 1.165) is 31.6 Å². The lowest BCUT2D eigenvalue weighted by atomic mass is 10.1. The average molecular weight is 367 g/mol. The molecule has 0 unspecified atom stereocenters. The number of hydrogen-bond donors (Lipinski definition) is 3. The Morgan fingerprint density at radius 2 is 1.89 bits per heavy atom. The summed E-state index contributed by atoms with van der Waals surface area (Å²) in [5.74, 6) is 5.78. The zero-order valence-electron chi connectivity index (χ0n) is 14.9. The second-order valence-corrected chi connectivity index (χ2v) is 6.35. The van der Waals surface area contributed by atoms with E-state index < -0.39 is 0 Å². The summed E-state index contributed by atoms with van der Waals surface area (Å²) in [6.45, 7) is 1.68. The number of anilines is 1. The van der Waals surface area contributed by atoms with Crippen LogP contribution in [0.4, 0.5) is 10.1 Å². The Morgan fingerprint density at radius 1 is 1.19 bits per heavy atom. The number of benzene rings is 2. The van der Waals surface area contributed by atoms with Crippen molar-refractivity contribution in [3.63, 3.8) is 0 Å². The van der Waals surface area contributed by atoms with E-state index in [2.05, 4.69) is 10.3 Å². The smallest absolute Gasteiger partial charge is 0.151 e. The molecule has 0 aromatic heterocycles. The van der Waals surface area contributed by atoms with E-state index in [1.54, 1.807) is 24.3 Å². The lowest BCUT2D eigenvalue weighted by molar-refractivity contribution is 0.171. The Morgan fingerprint density at radius 3 is 2.52 bits per heavy atom. The molecule has 5 N–H and O–H groups in total. The molecular weight excluding hydrogens is 345 g/mol. The maximum atomic E-state index is 13.1. The second-order valence-electron chi connectivity index (χ2n) is 6.35. The third-order valence-electron chi connectivity index (χ3n) is 4.61. The third kappa shape index (κ3) is 4.49. The van der Waals surface area contributed by atoms with Gasteiger partial charge in [-0.25, -0.2) is 10.2 Å². The zero-order valence-corrected chi connectivity index (χ0v) is 14.9. The SMILES string of the molecule is N#C/C(NN)=C(/N)c1cccc(OC2CCN(c3ccc(F)cc3)CC2)c1. The van der Waals surface area contributed by atoms with Crippen molar-refractivity contribution in [1.29, 1.82) is 5.26 Å². The van der Waals surface area contributed by atoms with Crippen LogP contribution in [0.15, 0.2) is 54.2 Å². The maximum Gasteiger partial charge on any atom is 0.151 e. The minimum atomic E-state index is -0.227. The summed E-state index contributed by atoms with van der Waals surface area (Å²) in [6.07, 6.45) is 1.81. The molecule has 2 aromatic rings. The summed E-state index contributed by atoms with van der Waals surface area (Å²) in [5.41, 5.74) is 10.4. The number of nitriles is 1. The van der Waals surface area contributed by atoms with Crippen molar-refractivity contribution < 1.29 is 9.13 Å². The van der Waals surface area contributed by atoms with Crippen molar-refractivity contribution >= 4 is 11.4 Å². The second kappa shape index (κ2) is 8.43. The van der Waals surface area contributed by atoms with Gasteiger partial charge in [0.15, 0.2) is 5.70 Å². The summed E-state index contributed by atoms with van der Waals surface area (Å²) in [4.78, 5) is 2.22. The fourth-order valence-corrected chi connectivity index (χ4v) is 3.13. The van der Waals surface area contributed by atoms with Crippen molar-refractivity contribution in [3.05, 3.63) is 65.6 Å². The quantitative estimate of drug-likeness (QED) is 0.426. The van der Waals surface area contributed by atoms with Crippen LogP contribution in [-0.2, 0) is 0 Å². The number of nitrogens with zero attached hydrogens (tertiary/aromatic N) is 2. The topological polar surface area (TPSA) is 100 Å². The normalized spacial score (nSPS) is 15.7. The summed E-state index contributed by atoms with van der Waals surface area (Å²) < 4.78 is 19.2. The summed E-state index contributed by atoms with van der Waals surface area (Å²) in [6, 6.07) is 15.8. The third-order valence-corrected chi connectivity index (χ3v) is 4.61. The molecule has 1 aliphatic heterocycles. The van der Waals surface area contributed by atoms with Crippen LogP contribution in [0.2, 0.25) is 0 Å². The van der Waals surface area contributed by atoms with Gasteiger partial charge < -0.3 is 20.8 Å². The molecule has 1 fully saturated rings. The number of halogens is 1. The van der Waals surface area contributed by atoms with E-state index in [4.69, 9.17) is 21.6 Å². The van der Waals surface area contributed by atoms with Crippen LogP contribution >= 0.6 is 0 Å². The monoisotopic (exact) mass is 367 g/mol. The van der Waals surface area contributed by atoms with Gasteiger partial charge in [-0.1, -0.05) is 12.1 Å². The first-order valence-electron chi connectivity index (χ1n) is 8.75. The number of hydrogen-bond acceptors (Lipinski definition) is 6. The van der Waals surface area contributed by atoms with Gasteiger partial charge in [0, 0.05) is 37.2 Å². The molecule has 1 saturated heterocycles. The summed E-state index contributed by atoms with van der Waals surface area (Å²) in [7, 11) is 0. The molecule has 0 aliphatic carbocycles. The molecule has 2 aromatic carbocycles. The van der Waals surface area contributed by atoms with Gasteiger partial charge in [-0.15, -0.1) is 0 Å². The van der Waals surface area contributed by atoms with Gasteiger partial charge in [-0.05, 0) is 36.4 Å². The molecule has 0 spiro atoms. The molecule has 3 rings (SSSR count). The molecular formula is C20H22FN5O. The predicted molar refractivity (Wildman–Crippen MR) is 103 cm³/mol. The molecule has 0 saturated carbocycles. The lowest BCUT2D eigenvalue weighted by Gasteiger charge is -2.33. The fraction of sp³-hybridized carbons (Fsp3) is 0.250. The summed E-state index contributed by atoms with van der Waals surface area (Å²) in [5, 5.41) is 9.04. The van der Waals surface area contributed by atoms with Crippen molar-refractivity contribution in [3.8, 4) is 11.8 Å². The molecule has 0 bridgehead atoms. The predicted octanol–water partition coefficient (Wildman–Crippen LogP) is 2.49. The van der Waals surface area contributed by atoms with Crippen LogP contribution in [-0.4, -0.2) is 19.2 Å². The van der Waals surface area contributed by atoms with E-state index in [1.165, 1.54) is 12.1 Å². The highest BCUT2D eigenvalue weighted by atomic mass is 19.1. The van der Waals surface area contributed by atoms with Crippen LogP contribution < -0.4 is 26.6 Å². The molecule has 1 aliphatic rings. The van der Waals surface area contributed by atoms with Gasteiger partial charge in [0.1, 0.15) is 23.7 Å². The number of allylic oxidation sites excluding steroid dienone is 1. The minimum Gasteiger partial charge on any atom is -0.490 e. The Labute approximate surface area is 157 Å². The van der Waals surface area contributed by atoms with Crippen LogP contribution in [0.1, 0.15) is 18.4 Å². The first kappa shape index (κ1) is 18.5. The number of hydrazine groups is 1. The van der Waals surface area contributed by atoms with Gasteiger partial charge >= 0.3 is 0 Å². The molecule has 1 heterocycles. The largest absolute Gasteiger partial charge is 0.490 e. The number of ether oxygens (including phenoxy) is 1. The van der Waals surface area contributed by atoms with Gasteiger partial charge in [0.25, 0.3) is 0 Å². The maximum absolute atomic E-state index is 13.1. The Kier molecular flexibility index (Phi) is 5.79. The van der Waals surface area contributed by atoms with E-state index in [1.807, 2.05) is 18.2 Å². The highest BCUT2D eigenvalue weighted by molar-refractivity contribution is 5.69. The number of nitrogens with one attached hydrogen (secondary N) is 1. The van der Waals surface area contributed by atoms with E-state index >= 15 is 0 Å². The Hall–Kier alpha value is -3.24. The minimum absolute atomic E-state index is 0.0882. The molecule has 140 valence electrons. The van der Waals surface area contributed by atoms with Crippen molar-refractivity contribution in [2.75, 3.05) is 18.0 Å². The highest BCUT2D eigenvalue weighted by Crippen LogP contribution is 2.25. The number of nitrogens with two attached hydrogens (primary N) is 2. The van der Waals surface area contributed by atoms with Crippen LogP contribution in [0.3, 0.4) is 0 Å².